The minimum atomic E-state index is -1.26. The number of hydrogen-bond acceptors (Lipinski definition) is 3. The van der Waals surface area contributed by atoms with Gasteiger partial charge in [0.25, 0.3) is 5.69 Å². The van der Waals surface area contributed by atoms with E-state index in [2.05, 4.69) is 0 Å². The summed E-state index contributed by atoms with van der Waals surface area (Å²) < 4.78 is 7.15. The fraction of sp³-hybridized carbons (Fsp3) is 0. The van der Waals surface area contributed by atoms with E-state index < -0.39 is 10.9 Å². The molecular formula is C7H5NO4. The summed E-state index contributed by atoms with van der Waals surface area (Å²) in [6.07, 6.45) is 0. The van der Waals surface area contributed by atoms with Crippen LogP contribution >= 0.6 is 0 Å². The monoisotopic (exact) mass is 168 g/mol. The number of rotatable bonds is 2. The molecule has 0 aliphatic rings. The van der Waals surface area contributed by atoms with Gasteiger partial charge in [0, 0.05) is 12.1 Å². The molecule has 0 heterocycles. The van der Waals surface area contributed by atoms with Crippen LogP contribution in [0.5, 0.6) is 0 Å². The number of carboxylic acids is 1. The summed E-state index contributed by atoms with van der Waals surface area (Å²) in [6.45, 7) is 0. The number of aromatic carboxylic acids is 1. The highest BCUT2D eigenvalue weighted by Crippen LogP contribution is 2.11. The van der Waals surface area contributed by atoms with Crippen molar-refractivity contribution in [2.24, 2.45) is 0 Å². The molecule has 0 saturated carbocycles. The van der Waals surface area contributed by atoms with Crippen LogP contribution in [0.1, 0.15) is 11.7 Å². The summed E-state index contributed by atoms with van der Waals surface area (Å²) in [6, 6.07) is 2.65. The van der Waals surface area contributed by atoms with Crippen molar-refractivity contribution < 1.29 is 16.2 Å². The van der Waals surface area contributed by atoms with Crippen LogP contribution in [0, 0.1) is 10.1 Å². The summed E-state index contributed by atoms with van der Waals surface area (Å²) in [5.74, 6) is -1.26. The second-order valence-electron chi connectivity index (χ2n) is 2.02. The molecule has 12 heavy (non-hydrogen) atoms. The van der Waals surface area contributed by atoms with E-state index in [1.807, 2.05) is 0 Å². The van der Waals surface area contributed by atoms with Crippen LogP contribution in [0.4, 0.5) is 5.69 Å². The van der Waals surface area contributed by atoms with Crippen LogP contribution in [0.25, 0.3) is 0 Å². The van der Waals surface area contributed by atoms with Gasteiger partial charge in [-0.05, 0) is 12.1 Å². The standard InChI is InChI=1S/C7H5NO4/c9-7(10)5-1-3-6(4-2-5)8(11)12/h1-4H,(H,9,10)/i1D. The van der Waals surface area contributed by atoms with Crippen molar-refractivity contribution in [1.29, 1.82) is 0 Å². The molecule has 1 aromatic rings. The second-order valence-corrected chi connectivity index (χ2v) is 2.02. The molecule has 5 heteroatoms. The van der Waals surface area contributed by atoms with E-state index in [9.17, 15) is 14.9 Å². The van der Waals surface area contributed by atoms with Gasteiger partial charge < -0.3 is 5.11 Å². The van der Waals surface area contributed by atoms with E-state index in [0.717, 1.165) is 18.2 Å². The van der Waals surface area contributed by atoms with Crippen LogP contribution < -0.4 is 0 Å². The fourth-order valence-electron chi connectivity index (χ4n) is 0.663. The summed E-state index contributed by atoms with van der Waals surface area (Å²) in [4.78, 5) is 19.9. The van der Waals surface area contributed by atoms with Crippen LogP contribution in [-0.4, -0.2) is 16.0 Å². The zero-order chi connectivity index (χ0) is 10.0. The molecule has 0 atom stereocenters. The third-order valence-electron chi connectivity index (χ3n) is 1.24. The van der Waals surface area contributed by atoms with Crippen LogP contribution in [-0.2, 0) is 0 Å². The van der Waals surface area contributed by atoms with Gasteiger partial charge >= 0.3 is 5.97 Å². The molecule has 62 valence electrons. The molecule has 0 fully saturated rings. The largest absolute Gasteiger partial charge is 0.478 e. The van der Waals surface area contributed by atoms with Crippen molar-refractivity contribution in [1.82, 2.24) is 0 Å². The predicted octanol–water partition coefficient (Wildman–Crippen LogP) is 1.29. The number of nitro groups is 1. The molecule has 1 N–H and O–H groups in total. The first-order valence-electron chi connectivity index (χ1n) is 3.50. The Balaban J connectivity index is 3.20. The lowest BCUT2D eigenvalue weighted by molar-refractivity contribution is -0.384. The molecule has 1 rings (SSSR count). The first-order valence-corrected chi connectivity index (χ1v) is 3.00. The Labute approximate surface area is 68.8 Å². The Bertz CT molecular complexity index is 377. The Morgan fingerprint density at radius 2 is 2.25 bits per heavy atom. The number of benzene rings is 1. The zero-order valence-corrected chi connectivity index (χ0v) is 5.85. The van der Waals surface area contributed by atoms with Gasteiger partial charge in [-0.1, -0.05) is 0 Å². The SMILES string of the molecule is [2H]c1cc([N+](=O)[O-])ccc1C(=O)O. The average Bonchev–Trinajstić information content (AvgIpc) is 2.03. The number of nitro benzene ring substituents is 1. The highest BCUT2D eigenvalue weighted by Gasteiger charge is 2.06. The van der Waals surface area contributed by atoms with E-state index in [1.54, 1.807) is 0 Å². The lowest BCUT2D eigenvalue weighted by Gasteiger charge is -1.92. The van der Waals surface area contributed by atoms with Crippen molar-refractivity contribution in [2.75, 3.05) is 0 Å². The van der Waals surface area contributed by atoms with Crippen LogP contribution in [0.2, 0.25) is 0 Å². The highest BCUT2D eigenvalue weighted by molar-refractivity contribution is 5.87. The molecule has 0 bridgehead atoms. The highest BCUT2D eigenvalue weighted by atomic mass is 16.6. The quantitative estimate of drug-likeness (QED) is 0.533. The van der Waals surface area contributed by atoms with Gasteiger partial charge in [0.2, 0.25) is 0 Å². The fourth-order valence-corrected chi connectivity index (χ4v) is 0.663. The Morgan fingerprint density at radius 1 is 1.58 bits per heavy atom. The van der Waals surface area contributed by atoms with Gasteiger partial charge in [-0.3, -0.25) is 10.1 Å². The molecule has 0 amide bonds. The Kier molecular flexibility index (Phi) is 1.69. The third kappa shape index (κ3) is 1.57. The molecular weight excluding hydrogens is 162 g/mol. The number of nitrogens with zero attached hydrogens (tertiary/aromatic N) is 1. The summed E-state index contributed by atoms with van der Waals surface area (Å²) >= 11 is 0. The molecule has 0 radical (unpaired) electrons. The minimum absolute atomic E-state index is 0.245. The van der Waals surface area contributed by atoms with Gasteiger partial charge in [-0.15, -0.1) is 0 Å². The first kappa shape index (κ1) is 6.78. The van der Waals surface area contributed by atoms with Gasteiger partial charge in [-0.2, -0.15) is 0 Å². The smallest absolute Gasteiger partial charge is 0.335 e. The Hall–Kier alpha value is -1.91. The maximum absolute atomic E-state index is 10.4. The van der Waals surface area contributed by atoms with Crippen molar-refractivity contribution in [3.63, 3.8) is 0 Å². The van der Waals surface area contributed by atoms with Gasteiger partial charge in [0.1, 0.15) is 0 Å². The van der Waals surface area contributed by atoms with E-state index >= 15 is 0 Å². The van der Waals surface area contributed by atoms with Gasteiger partial charge in [-0.25, -0.2) is 4.79 Å². The van der Waals surface area contributed by atoms with Crippen molar-refractivity contribution in [2.45, 2.75) is 0 Å². The molecule has 0 saturated heterocycles. The molecule has 0 unspecified atom stereocenters. The Morgan fingerprint density at radius 3 is 2.67 bits per heavy atom. The lowest BCUT2D eigenvalue weighted by Crippen LogP contribution is -1.96. The first-order chi connectivity index (χ1) is 6.02. The zero-order valence-electron chi connectivity index (χ0n) is 6.85. The summed E-state index contributed by atoms with van der Waals surface area (Å²) in [7, 11) is 0. The van der Waals surface area contributed by atoms with Gasteiger partial charge in [0.05, 0.1) is 11.9 Å². The average molecular weight is 168 g/mol. The lowest BCUT2D eigenvalue weighted by atomic mass is 10.2. The van der Waals surface area contributed by atoms with E-state index in [1.165, 1.54) is 0 Å². The molecule has 5 nitrogen and oxygen atoms in total. The second kappa shape index (κ2) is 3.00. The summed E-state index contributed by atoms with van der Waals surface area (Å²) in [5.41, 5.74) is -0.527. The van der Waals surface area contributed by atoms with Crippen molar-refractivity contribution in [3.05, 3.63) is 39.9 Å². The molecule has 0 aromatic heterocycles. The third-order valence-corrected chi connectivity index (χ3v) is 1.24. The molecule has 0 aliphatic heterocycles. The van der Waals surface area contributed by atoms with Gasteiger partial charge in [0.15, 0.2) is 0 Å². The molecule has 0 aliphatic carbocycles. The minimum Gasteiger partial charge on any atom is -0.478 e. The number of carbonyl (C=O) groups is 1. The number of carboxylic acid groups (broad SMARTS) is 1. The normalized spacial score (nSPS) is 10.5. The molecule has 0 spiro atoms. The summed E-state index contributed by atoms with van der Waals surface area (Å²) in [5, 5.41) is 18.7. The maximum atomic E-state index is 10.4. The van der Waals surface area contributed by atoms with Crippen LogP contribution in [0.3, 0.4) is 0 Å². The maximum Gasteiger partial charge on any atom is 0.335 e. The topological polar surface area (TPSA) is 80.4 Å². The predicted molar refractivity (Wildman–Crippen MR) is 40.1 cm³/mol. The van der Waals surface area contributed by atoms with Crippen molar-refractivity contribution in [3.8, 4) is 0 Å². The number of hydrogen-bond donors (Lipinski definition) is 1. The van der Waals surface area contributed by atoms with Crippen LogP contribution in [0.15, 0.2) is 24.2 Å². The molecule has 1 aromatic carbocycles. The van der Waals surface area contributed by atoms with E-state index in [0.29, 0.717) is 0 Å². The van der Waals surface area contributed by atoms with E-state index in [-0.39, 0.29) is 17.3 Å². The van der Waals surface area contributed by atoms with Crippen molar-refractivity contribution >= 4 is 11.7 Å². The van der Waals surface area contributed by atoms with E-state index in [4.69, 9.17) is 6.48 Å². The number of non-ortho nitro benzene ring substituents is 1.